The summed E-state index contributed by atoms with van der Waals surface area (Å²) in [5, 5.41) is 7.56. The second-order valence-corrected chi connectivity index (χ2v) is 7.18. The van der Waals surface area contributed by atoms with E-state index in [2.05, 4.69) is 15.2 Å². The first-order valence-electron chi connectivity index (χ1n) is 9.46. The van der Waals surface area contributed by atoms with Crippen LogP contribution in [0.4, 0.5) is 35.1 Å². The maximum absolute atomic E-state index is 13.1. The molecule has 1 atom stereocenters. The number of rotatable bonds is 5. The molecule has 4 rings (SSSR count). The predicted octanol–water partition coefficient (Wildman–Crippen LogP) is 6.17. The molecule has 0 bridgehead atoms. The van der Waals surface area contributed by atoms with Crippen LogP contribution in [-0.2, 0) is 12.4 Å². The van der Waals surface area contributed by atoms with E-state index in [-0.39, 0.29) is 28.7 Å². The Morgan fingerprint density at radius 2 is 1.56 bits per heavy atom. The first kappa shape index (κ1) is 23.4. The molecule has 0 N–H and O–H groups in total. The lowest BCUT2D eigenvalue weighted by Gasteiger charge is -2.19. The van der Waals surface area contributed by atoms with Gasteiger partial charge in [-0.25, -0.2) is 9.20 Å². The van der Waals surface area contributed by atoms with E-state index >= 15 is 0 Å². The Morgan fingerprint density at radius 1 is 0.912 bits per heavy atom. The van der Waals surface area contributed by atoms with Gasteiger partial charge >= 0.3 is 18.9 Å². The molecule has 6 nitrogen and oxygen atoms in total. The molecular weight excluding hydrogens is 478 g/mol. The number of fused-ring (bicyclic) bond motifs is 1. The third-order valence-electron chi connectivity index (χ3n) is 4.83. The summed E-state index contributed by atoms with van der Waals surface area (Å²) in [6.45, 7) is -1.59. The zero-order valence-corrected chi connectivity index (χ0v) is 16.9. The highest BCUT2D eigenvalue weighted by atomic mass is 19.4. The van der Waals surface area contributed by atoms with E-state index < -0.39 is 36.1 Å². The molecule has 0 aliphatic carbocycles. The average Bonchev–Trinajstić information content (AvgIpc) is 3.39. The van der Waals surface area contributed by atoms with Crippen LogP contribution in [-0.4, -0.2) is 24.4 Å². The average molecular weight is 491 g/mol. The highest BCUT2D eigenvalue weighted by Crippen LogP contribution is 2.38. The number of hydrogen-bond donors (Lipinski definition) is 0. The Kier molecular flexibility index (Phi) is 5.69. The van der Waals surface area contributed by atoms with E-state index in [9.17, 15) is 35.1 Å². The summed E-state index contributed by atoms with van der Waals surface area (Å²) >= 11 is 0. The summed E-state index contributed by atoms with van der Waals surface area (Å²) in [5.74, 6) is -0.131. The monoisotopic (exact) mass is 491 g/mol. The van der Waals surface area contributed by atoms with Gasteiger partial charge < -0.3 is 4.74 Å². The molecule has 3 aromatic heterocycles. The molecule has 0 spiro atoms. The van der Waals surface area contributed by atoms with Gasteiger partial charge in [0, 0.05) is 29.6 Å². The Hall–Kier alpha value is -3.71. The molecule has 34 heavy (non-hydrogen) atoms. The van der Waals surface area contributed by atoms with Crippen molar-refractivity contribution < 1.29 is 39.9 Å². The number of hydrogen-bond acceptors (Lipinski definition) is 4. The summed E-state index contributed by atoms with van der Waals surface area (Å²) < 4.78 is 112. The number of ether oxygens (including phenoxy) is 1. The van der Waals surface area contributed by atoms with Crippen LogP contribution in [0.3, 0.4) is 0 Å². The summed E-state index contributed by atoms with van der Waals surface area (Å²) in [5.41, 5.74) is -2.57. The molecular formula is C20H13F8N5O. The molecule has 4 aromatic rings. The molecule has 0 amide bonds. The van der Waals surface area contributed by atoms with Gasteiger partial charge in [0.25, 0.3) is 0 Å². The Labute approximate surface area is 185 Å². The van der Waals surface area contributed by atoms with Crippen LogP contribution in [0.25, 0.3) is 16.8 Å². The van der Waals surface area contributed by atoms with E-state index in [1.165, 1.54) is 36.1 Å². The minimum atomic E-state index is -5.00. The van der Waals surface area contributed by atoms with Gasteiger partial charge in [-0.2, -0.15) is 50.3 Å². The van der Waals surface area contributed by atoms with Crippen LogP contribution < -0.4 is 4.74 Å². The first-order valence-corrected chi connectivity index (χ1v) is 9.46. The smallest absolute Gasteiger partial charge is 0.416 e. The molecule has 0 saturated carbocycles. The predicted molar refractivity (Wildman–Crippen MR) is 101 cm³/mol. The highest BCUT2D eigenvalue weighted by molar-refractivity contribution is 5.76. The van der Waals surface area contributed by atoms with Crippen molar-refractivity contribution in [3.8, 4) is 17.0 Å². The fourth-order valence-electron chi connectivity index (χ4n) is 3.17. The zero-order chi connectivity index (χ0) is 24.8. The highest BCUT2D eigenvalue weighted by Gasteiger charge is 2.37. The van der Waals surface area contributed by atoms with Crippen molar-refractivity contribution in [1.29, 1.82) is 0 Å². The van der Waals surface area contributed by atoms with E-state index in [0.717, 1.165) is 6.20 Å². The summed E-state index contributed by atoms with van der Waals surface area (Å²) in [6, 6.07) is 2.47. The normalized spacial score (nSPS) is 13.6. The summed E-state index contributed by atoms with van der Waals surface area (Å²) in [7, 11) is 0. The molecule has 3 heterocycles. The number of benzene rings is 1. The van der Waals surface area contributed by atoms with Crippen LogP contribution >= 0.6 is 0 Å². The number of nitrogens with zero attached hydrogens (tertiary/aromatic N) is 5. The van der Waals surface area contributed by atoms with Gasteiger partial charge in [0.15, 0.2) is 5.65 Å². The van der Waals surface area contributed by atoms with Crippen molar-refractivity contribution in [3.63, 3.8) is 0 Å². The molecule has 0 radical (unpaired) electrons. The molecule has 0 unspecified atom stereocenters. The SMILES string of the molecule is C[C@@H](Oc1ccn2ncc(-c3cnn(C(F)F)c3)c2n1)c1cc(C(F)(F)F)cc(C(F)(F)F)c1. The van der Waals surface area contributed by atoms with Crippen molar-refractivity contribution in [2.75, 3.05) is 0 Å². The van der Waals surface area contributed by atoms with Crippen LogP contribution in [0.2, 0.25) is 0 Å². The Balaban J connectivity index is 1.67. The maximum atomic E-state index is 13.1. The Morgan fingerprint density at radius 3 is 2.12 bits per heavy atom. The topological polar surface area (TPSA) is 57.2 Å². The van der Waals surface area contributed by atoms with E-state index in [4.69, 9.17) is 4.74 Å². The third kappa shape index (κ3) is 4.65. The molecule has 0 aliphatic heterocycles. The van der Waals surface area contributed by atoms with Gasteiger partial charge in [-0.05, 0) is 30.7 Å². The van der Waals surface area contributed by atoms with Crippen LogP contribution in [0.5, 0.6) is 5.88 Å². The van der Waals surface area contributed by atoms with Crippen LogP contribution in [0.1, 0.15) is 36.3 Å². The summed E-state index contributed by atoms with van der Waals surface area (Å²) in [4.78, 5) is 4.18. The lowest BCUT2D eigenvalue weighted by molar-refractivity contribution is -0.143. The fraction of sp³-hybridized carbons (Fsp3) is 0.250. The van der Waals surface area contributed by atoms with E-state index in [1.807, 2.05) is 0 Å². The lowest BCUT2D eigenvalue weighted by Crippen LogP contribution is -2.14. The van der Waals surface area contributed by atoms with Gasteiger partial charge in [0.2, 0.25) is 5.88 Å². The van der Waals surface area contributed by atoms with Gasteiger partial charge in [-0.3, -0.25) is 0 Å². The second-order valence-electron chi connectivity index (χ2n) is 7.18. The molecule has 0 saturated heterocycles. The van der Waals surface area contributed by atoms with Gasteiger partial charge in [-0.1, -0.05) is 0 Å². The van der Waals surface area contributed by atoms with E-state index in [0.29, 0.717) is 22.4 Å². The van der Waals surface area contributed by atoms with E-state index in [1.54, 1.807) is 0 Å². The molecule has 180 valence electrons. The number of alkyl halides is 8. The lowest BCUT2D eigenvalue weighted by atomic mass is 10.0. The van der Waals surface area contributed by atoms with Gasteiger partial charge in [0.05, 0.1) is 23.5 Å². The number of aromatic nitrogens is 5. The fourth-order valence-corrected chi connectivity index (χ4v) is 3.17. The summed E-state index contributed by atoms with van der Waals surface area (Å²) in [6.07, 6.45) is -6.28. The van der Waals surface area contributed by atoms with Crippen molar-refractivity contribution in [1.82, 2.24) is 24.4 Å². The quantitative estimate of drug-likeness (QED) is 0.314. The second kappa shape index (κ2) is 8.25. The first-order chi connectivity index (χ1) is 15.8. The molecule has 14 heteroatoms. The van der Waals surface area contributed by atoms with Crippen LogP contribution in [0, 0.1) is 0 Å². The minimum absolute atomic E-state index is 0.0264. The minimum Gasteiger partial charge on any atom is -0.470 e. The van der Waals surface area contributed by atoms with Crippen molar-refractivity contribution in [3.05, 3.63) is 65.7 Å². The van der Waals surface area contributed by atoms with Crippen molar-refractivity contribution >= 4 is 5.65 Å². The molecule has 0 aliphatic rings. The zero-order valence-electron chi connectivity index (χ0n) is 16.9. The van der Waals surface area contributed by atoms with Gasteiger partial charge in [-0.15, -0.1) is 0 Å². The molecule has 0 fully saturated rings. The number of halogens is 8. The van der Waals surface area contributed by atoms with Crippen LogP contribution in [0.15, 0.2) is 49.1 Å². The standard InChI is InChI=1S/C20H13F8N5O/c1-10(11-4-13(19(23,24)25)6-14(5-11)20(26,27)28)34-16-2-3-32-17(31-16)15(8-30-32)12-7-29-33(9-12)18(21)22/h2-10,18H,1H3/t10-/m1/s1. The largest absolute Gasteiger partial charge is 0.470 e. The third-order valence-corrected chi connectivity index (χ3v) is 4.83. The maximum Gasteiger partial charge on any atom is 0.416 e. The van der Waals surface area contributed by atoms with Gasteiger partial charge in [0.1, 0.15) is 6.10 Å². The van der Waals surface area contributed by atoms with Crippen molar-refractivity contribution in [2.24, 2.45) is 0 Å². The van der Waals surface area contributed by atoms with Crippen molar-refractivity contribution in [2.45, 2.75) is 31.9 Å². The molecule has 1 aromatic carbocycles. The Bertz CT molecular complexity index is 1290.